The second-order valence-corrected chi connectivity index (χ2v) is 4.19. The van der Waals surface area contributed by atoms with Crippen LogP contribution in [0, 0.1) is 0 Å². The van der Waals surface area contributed by atoms with Gasteiger partial charge in [-0.05, 0) is 20.3 Å². The highest BCUT2D eigenvalue weighted by molar-refractivity contribution is 5.95. The molecular formula is C11H19NO4. The molecule has 16 heavy (non-hydrogen) atoms. The Morgan fingerprint density at radius 1 is 1.19 bits per heavy atom. The van der Waals surface area contributed by atoms with Gasteiger partial charge in [0.05, 0.1) is 6.42 Å². The Bertz CT molecular complexity index is 284. The van der Waals surface area contributed by atoms with E-state index in [0.29, 0.717) is 6.42 Å². The Kier molecular flexibility index (Phi) is 5.71. The summed E-state index contributed by atoms with van der Waals surface area (Å²) in [6.45, 7) is 6.77. The van der Waals surface area contributed by atoms with E-state index in [1.807, 2.05) is 6.92 Å². The zero-order chi connectivity index (χ0) is 12.8. The summed E-state index contributed by atoms with van der Waals surface area (Å²) in [6.07, 6.45) is 0.666. The molecule has 5 nitrogen and oxygen atoms in total. The van der Waals surface area contributed by atoms with Crippen molar-refractivity contribution < 1.29 is 19.1 Å². The second kappa shape index (κ2) is 6.25. The summed E-state index contributed by atoms with van der Waals surface area (Å²) in [5, 5.41) is 2.09. The maximum absolute atomic E-state index is 11.3. The van der Waals surface area contributed by atoms with Crippen molar-refractivity contribution in [2.45, 2.75) is 52.6 Å². The van der Waals surface area contributed by atoms with E-state index in [9.17, 15) is 14.4 Å². The van der Waals surface area contributed by atoms with Crippen molar-refractivity contribution in [3.05, 3.63) is 0 Å². The molecule has 0 saturated carbocycles. The van der Waals surface area contributed by atoms with E-state index in [0.717, 1.165) is 0 Å². The Labute approximate surface area is 95.5 Å². The average Bonchev–Trinajstić information content (AvgIpc) is 2.13. The number of hydrogen-bond donors (Lipinski definition) is 1. The number of amides is 2. The molecule has 0 aromatic heterocycles. The lowest BCUT2D eigenvalue weighted by atomic mass is 10.1. The van der Waals surface area contributed by atoms with Gasteiger partial charge in [0.15, 0.2) is 0 Å². The molecular weight excluding hydrogens is 210 g/mol. The number of imide groups is 1. The molecule has 2 amide bonds. The fourth-order valence-electron chi connectivity index (χ4n) is 0.906. The first kappa shape index (κ1) is 14.6. The highest BCUT2D eigenvalue weighted by Gasteiger charge is 2.20. The van der Waals surface area contributed by atoms with Crippen LogP contribution in [0.15, 0.2) is 0 Å². The number of carbonyl (C=O) groups is 3. The molecule has 0 radical (unpaired) electrons. The lowest BCUT2D eigenvalue weighted by Gasteiger charge is -2.23. The zero-order valence-electron chi connectivity index (χ0n) is 10.3. The van der Waals surface area contributed by atoms with Gasteiger partial charge in [0.25, 0.3) is 0 Å². The number of ether oxygens (including phenoxy) is 1. The van der Waals surface area contributed by atoms with Crippen LogP contribution < -0.4 is 5.32 Å². The first-order valence-corrected chi connectivity index (χ1v) is 5.29. The number of rotatable bonds is 5. The van der Waals surface area contributed by atoms with Crippen LogP contribution in [-0.2, 0) is 19.1 Å². The van der Waals surface area contributed by atoms with Crippen LogP contribution in [0.1, 0.15) is 47.0 Å². The van der Waals surface area contributed by atoms with Gasteiger partial charge in [0.1, 0.15) is 5.60 Å². The highest BCUT2D eigenvalue weighted by atomic mass is 16.6. The predicted octanol–water partition coefficient (Wildman–Crippen LogP) is 1.16. The van der Waals surface area contributed by atoms with Gasteiger partial charge >= 0.3 is 5.97 Å². The summed E-state index contributed by atoms with van der Waals surface area (Å²) in [4.78, 5) is 32.9. The molecule has 0 bridgehead atoms. The van der Waals surface area contributed by atoms with Crippen LogP contribution in [0.25, 0.3) is 0 Å². The number of carbonyl (C=O) groups excluding carboxylic acids is 3. The molecule has 0 spiro atoms. The van der Waals surface area contributed by atoms with Gasteiger partial charge in [-0.15, -0.1) is 0 Å². The molecule has 0 aliphatic rings. The van der Waals surface area contributed by atoms with Gasteiger partial charge in [0, 0.05) is 13.3 Å². The Morgan fingerprint density at radius 2 is 1.75 bits per heavy atom. The van der Waals surface area contributed by atoms with Crippen molar-refractivity contribution in [2.24, 2.45) is 0 Å². The van der Waals surface area contributed by atoms with Gasteiger partial charge in [-0.25, -0.2) is 0 Å². The highest BCUT2D eigenvalue weighted by Crippen LogP contribution is 2.14. The predicted molar refractivity (Wildman–Crippen MR) is 58.5 cm³/mol. The lowest BCUT2D eigenvalue weighted by Crippen LogP contribution is -2.30. The van der Waals surface area contributed by atoms with E-state index in [1.54, 1.807) is 13.8 Å². The lowest BCUT2D eigenvalue weighted by molar-refractivity contribution is -0.157. The van der Waals surface area contributed by atoms with Gasteiger partial charge in [-0.3, -0.25) is 19.7 Å². The monoisotopic (exact) mass is 229 g/mol. The molecule has 0 aliphatic carbocycles. The van der Waals surface area contributed by atoms with Crippen molar-refractivity contribution in [1.29, 1.82) is 0 Å². The van der Waals surface area contributed by atoms with Gasteiger partial charge in [0.2, 0.25) is 11.8 Å². The van der Waals surface area contributed by atoms with E-state index in [4.69, 9.17) is 4.74 Å². The minimum atomic E-state index is -0.506. The van der Waals surface area contributed by atoms with Crippen molar-refractivity contribution in [1.82, 2.24) is 5.32 Å². The number of nitrogens with one attached hydrogen (secondary N) is 1. The maximum Gasteiger partial charge on any atom is 0.306 e. The van der Waals surface area contributed by atoms with E-state index < -0.39 is 23.4 Å². The standard InChI is InChI=1S/C11H19NO4/c1-5-11(3,4)16-10(15)7-6-9(14)12-8(2)13/h5-7H2,1-4H3,(H,12,13,14). The van der Waals surface area contributed by atoms with Crippen LogP contribution in [0.3, 0.4) is 0 Å². The summed E-state index contributed by atoms with van der Waals surface area (Å²) >= 11 is 0. The summed E-state index contributed by atoms with van der Waals surface area (Å²) in [5.74, 6) is -1.31. The molecule has 0 unspecified atom stereocenters. The molecule has 5 heteroatoms. The molecule has 0 aromatic carbocycles. The minimum Gasteiger partial charge on any atom is -0.460 e. The van der Waals surface area contributed by atoms with Crippen LogP contribution >= 0.6 is 0 Å². The van der Waals surface area contributed by atoms with E-state index >= 15 is 0 Å². The second-order valence-electron chi connectivity index (χ2n) is 4.19. The van der Waals surface area contributed by atoms with Crippen molar-refractivity contribution >= 4 is 17.8 Å². The molecule has 0 fully saturated rings. The molecule has 0 rings (SSSR count). The van der Waals surface area contributed by atoms with Gasteiger partial charge in [-0.1, -0.05) is 6.92 Å². The van der Waals surface area contributed by atoms with E-state index in [1.165, 1.54) is 6.92 Å². The van der Waals surface area contributed by atoms with E-state index in [-0.39, 0.29) is 12.8 Å². The maximum atomic E-state index is 11.3. The number of hydrogen-bond acceptors (Lipinski definition) is 4. The molecule has 0 atom stereocenters. The quantitative estimate of drug-likeness (QED) is 0.718. The summed E-state index contributed by atoms with van der Waals surface area (Å²) in [7, 11) is 0. The largest absolute Gasteiger partial charge is 0.460 e. The summed E-state index contributed by atoms with van der Waals surface area (Å²) in [5.41, 5.74) is -0.506. The van der Waals surface area contributed by atoms with Crippen LogP contribution in [0.4, 0.5) is 0 Å². The third kappa shape index (κ3) is 6.98. The van der Waals surface area contributed by atoms with Crippen LogP contribution in [-0.4, -0.2) is 23.4 Å². The Hall–Kier alpha value is -1.39. The summed E-state index contributed by atoms with van der Waals surface area (Å²) < 4.78 is 5.14. The molecule has 0 aliphatic heterocycles. The first-order valence-electron chi connectivity index (χ1n) is 5.29. The minimum absolute atomic E-state index is 0.0114. The van der Waals surface area contributed by atoms with Crippen LogP contribution in [0.2, 0.25) is 0 Å². The molecule has 92 valence electrons. The molecule has 0 heterocycles. The Balaban J connectivity index is 3.90. The third-order valence-electron chi connectivity index (χ3n) is 2.11. The fraction of sp³-hybridized carbons (Fsp3) is 0.727. The summed E-state index contributed by atoms with van der Waals surface area (Å²) in [6, 6.07) is 0. The average molecular weight is 229 g/mol. The van der Waals surface area contributed by atoms with E-state index in [2.05, 4.69) is 5.32 Å². The topological polar surface area (TPSA) is 72.5 Å². The normalized spacial score (nSPS) is 10.8. The van der Waals surface area contributed by atoms with Crippen molar-refractivity contribution in [2.75, 3.05) is 0 Å². The molecule has 1 N–H and O–H groups in total. The SMILES string of the molecule is CCC(C)(C)OC(=O)CCC(=O)NC(C)=O. The van der Waals surface area contributed by atoms with Crippen molar-refractivity contribution in [3.8, 4) is 0 Å². The molecule has 0 aromatic rings. The zero-order valence-corrected chi connectivity index (χ0v) is 10.3. The van der Waals surface area contributed by atoms with Crippen LogP contribution in [0.5, 0.6) is 0 Å². The van der Waals surface area contributed by atoms with Crippen molar-refractivity contribution in [3.63, 3.8) is 0 Å². The smallest absolute Gasteiger partial charge is 0.306 e. The number of esters is 1. The molecule has 0 saturated heterocycles. The Morgan fingerprint density at radius 3 is 2.19 bits per heavy atom. The van der Waals surface area contributed by atoms with Gasteiger partial charge in [-0.2, -0.15) is 0 Å². The first-order chi connectivity index (χ1) is 7.26. The third-order valence-corrected chi connectivity index (χ3v) is 2.11. The fourth-order valence-corrected chi connectivity index (χ4v) is 0.906. The van der Waals surface area contributed by atoms with Gasteiger partial charge < -0.3 is 4.74 Å².